The molecule has 9 heteroatoms. The smallest absolute Gasteiger partial charge is 0.329 e. The third-order valence-electron chi connectivity index (χ3n) is 3.01. The Kier molecular flexibility index (Phi) is 5.40. The summed E-state index contributed by atoms with van der Waals surface area (Å²) in [5.74, 6) is -1.32. The Bertz CT molecular complexity index is 783. The van der Waals surface area contributed by atoms with Gasteiger partial charge in [-0.25, -0.2) is 5.43 Å². The molecule has 0 bridgehead atoms. The Hall–Kier alpha value is -3.49. The van der Waals surface area contributed by atoms with E-state index in [-0.39, 0.29) is 12.2 Å². The Morgan fingerprint density at radius 2 is 2.04 bits per heavy atom. The minimum absolute atomic E-state index is 0.0762. The van der Waals surface area contributed by atoms with E-state index in [4.69, 9.17) is 4.42 Å². The molecule has 1 aromatic carbocycles. The number of hydrogen-bond acceptors (Lipinski definition) is 6. The number of hydrazone groups is 1. The van der Waals surface area contributed by atoms with Gasteiger partial charge in [-0.2, -0.15) is 5.10 Å². The number of nitro groups is 1. The fraction of sp³-hybridized carbons (Fsp3) is 0.133. The highest BCUT2D eigenvalue weighted by Crippen LogP contribution is 2.13. The van der Waals surface area contributed by atoms with Gasteiger partial charge in [0, 0.05) is 17.7 Å². The number of carbonyl (C=O) groups excluding carboxylic acids is 2. The lowest BCUT2D eigenvalue weighted by Gasteiger charge is -2.04. The third kappa shape index (κ3) is 4.50. The number of rotatable bonds is 5. The molecule has 0 radical (unpaired) electrons. The summed E-state index contributed by atoms with van der Waals surface area (Å²) in [5, 5.41) is 16.9. The first kappa shape index (κ1) is 16.9. The van der Waals surface area contributed by atoms with Crippen LogP contribution in [0.5, 0.6) is 0 Å². The summed E-state index contributed by atoms with van der Waals surface area (Å²) in [6.07, 6.45) is 1.45. The van der Waals surface area contributed by atoms with Crippen LogP contribution >= 0.6 is 0 Å². The quantitative estimate of drug-likeness (QED) is 0.370. The summed E-state index contributed by atoms with van der Waals surface area (Å²) >= 11 is 0. The van der Waals surface area contributed by atoms with Crippen LogP contribution in [0.1, 0.15) is 18.2 Å². The van der Waals surface area contributed by atoms with Crippen molar-refractivity contribution in [3.05, 3.63) is 64.1 Å². The highest BCUT2D eigenvalue weighted by molar-refractivity contribution is 6.35. The van der Waals surface area contributed by atoms with Gasteiger partial charge in [0.1, 0.15) is 5.76 Å². The summed E-state index contributed by atoms with van der Waals surface area (Å²) in [6, 6.07) is 9.09. The summed E-state index contributed by atoms with van der Waals surface area (Å²) in [6.45, 7) is 1.63. The van der Waals surface area contributed by atoms with Crippen molar-refractivity contribution in [3.63, 3.8) is 0 Å². The minimum atomic E-state index is -0.952. The second kappa shape index (κ2) is 7.68. The number of amides is 2. The predicted octanol–water partition coefficient (Wildman–Crippen LogP) is 1.34. The standard InChI is InChI=1S/C15H14N4O5/c1-10(11-4-2-5-12(8-11)19(22)23)17-18-15(21)14(20)16-9-13-6-3-7-24-13/h2-8H,9H2,1H3,(H,16,20)(H,18,21)/b17-10-. The first-order chi connectivity index (χ1) is 11.5. The molecular formula is C15H14N4O5. The Morgan fingerprint density at radius 1 is 1.25 bits per heavy atom. The van der Waals surface area contributed by atoms with E-state index in [0.717, 1.165) is 0 Å². The lowest BCUT2D eigenvalue weighted by molar-refractivity contribution is -0.384. The maximum absolute atomic E-state index is 11.6. The normalized spacial score (nSPS) is 11.0. The molecule has 0 aliphatic carbocycles. The Balaban J connectivity index is 1.93. The van der Waals surface area contributed by atoms with Crippen LogP contribution in [0.2, 0.25) is 0 Å². The molecular weight excluding hydrogens is 316 g/mol. The summed E-state index contributed by atoms with van der Waals surface area (Å²) < 4.78 is 5.02. The predicted molar refractivity (Wildman–Crippen MR) is 84.0 cm³/mol. The van der Waals surface area contributed by atoms with E-state index in [1.807, 2.05) is 0 Å². The summed E-state index contributed by atoms with van der Waals surface area (Å²) in [7, 11) is 0. The molecule has 2 amide bonds. The van der Waals surface area contributed by atoms with Crippen molar-refractivity contribution in [1.82, 2.24) is 10.7 Å². The molecule has 2 rings (SSSR count). The molecule has 0 fully saturated rings. The Labute approximate surface area is 136 Å². The van der Waals surface area contributed by atoms with Crippen molar-refractivity contribution in [2.45, 2.75) is 13.5 Å². The number of furan rings is 1. The van der Waals surface area contributed by atoms with E-state index in [1.54, 1.807) is 25.1 Å². The molecule has 0 saturated carbocycles. The minimum Gasteiger partial charge on any atom is -0.467 e. The average Bonchev–Trinajstić information content (AvgIpc) is 3.10. The molecule has 9 nitrogen and oxygen atoms in total. The zero-order valence-corrected chi connectivity index (χ0v) is 12.7. The van der Waals surface area contributed by atoms with Gasteiger partial charge in [-0.1, -0.05) is 12.1 Å². The highest BCUT2D eigenvalue weighted by Gasteiger charge is 2.13. The lowest BCUT2D eigenvalue weighted by Crippen LogP contribution is -2.37. The largest absolute Gasteiger partial charge is 0.467 e. The first-order valence-corrected chi connectivity index (χ1v) is 6.87. The van der Waals surface area contributed by atoms with E-state index in [9.17, 15) is 19.7 Å². The molecule has 24 heavy (non-hydrogen) atoms. The van der Waals surface area contributed by atoms with E-state index < -0.39 is 16.7 Å². The monoisotopic (exact) mass is 330 g/mol. The second-order valence-electron chi connectivity index (χ2n) is 4.71. The molecule has 2 N–H and O–H groups in total. The van der Waals surface area contributed by atoms with Crippen LogP contribution in [-0.4, -0.2) is 22.4 Å². The van der Waals surface area contributed by atoms with Gasteiger partial charge < -0.3 is 9.73 Å². The number of nitrogens with zero attached hydrogens (tertiary/aromatic N) is 2. The topological polar surface area (TPSA) is 127 Å². The van der Waals surface area contributed by atoms with Crippen LogP contribution in [0.3, 0.4) is 0 Å². The van der Waals surface area contributed by atoms with E-state index in [2.05, 4.69) is 15.8 Å². The maximum Gasteiger partial charge on any atom is 0.329 e. The van der Waals surface area contributed by atoms with E-state index in [0.29, 0.717) is 17.0 Å². The number of hydrogen-bond donors (Lipinski definition) is 2. The average molecular weight is 330 g/mol. The van der Waals surface area contributed by atoms with Crippen molar-refractivity contribution in [1.29, 1.82) is 0 Å². The number of non-ortho nitro benzene ring substituents is 1. The van der Waals surface area contributed by atoms with Crippen LogP contribution < -0.4 is 10.7 Å². The molecule has 0 aliphatic rings. The van der Waals surface area contributed by atoms with Crippen molar-refractivity contribution in [2.24, 2.45) is 5.10 Å². The van der Waals surface area contributed by atoms with E-state index >= 15 is 0 Å². The fourth-order valence-corrected chi connectivity index (χ4v) is 1.76. The van der Waals surface area contributed by atoms with Gasteiger partial charge in [0.05, 0.1) is 23.4 Å². The molecule has 0 saturated heterocycles. The second-order valence-corrected chi connectivity index (χ2v) is 4.71. The van der Waals surface area contributed by atoms with Crippen LogP contribution in [0.15, 0.2) is 52.2 Å². The zero-order chi connectivity index (χ0) is 17.5. The van der Waals surface area contributed by atoms with Crippen molar-refractivity contribution in [3.8, 4) is 0 Å². The highest BCUT2D eigenvalue weighted by atomic mass is 16.6. The van der Waals surface area contributed by atoms with Gasteiger partial charge in [-0.3, -0.25) is 19.7 Å². The molecule has 0 atom stereocenters. The molecule has 0 aliphatic heterocycles. The van der Waals surface area contributed by atoms with Crippen LogP contribution in [0, 0.1) is 10.1 Å². The van der Waals surface area contributed by atoms with E-state index in [1.165, 1.54) is 24.5 Å². The SMILES string of the molecule is C/C(=N/NC(=O)C(=O)NCc1ccco1)c1cccc([N+](=O)[O-])c1. The Morgan fingerprint density at radius 3 is 2.71 bits per heavy atom. The number of carbonyl (C=O) groups is 2. The first-order valence-electron chi connectivity index (χ1n) is 6.87. The van der Waals surface area contributed by atoms with Gasteiger partial charge in [-0.05, 0) is 19.1 Å². The molecule has 0 spiro atoms. The molecule has 0 unspecified atom stereocenters. The lowest BCUT2D eigenvalue weighted by atomic mass is 10.1. The van der Waals surface area contributed by atoms with Crippen molar-refractivity contribution >= 4 is 23.2 Å². The number of nitrogens with one attached hydrogen (secondary N) is 2. The summed E-state index contributed by atoms with van der Waals surface area (Å²) in [4.78, 5) is 33.5. The molecule has 1 heterocycles. The molecule has 124 valence electrons. The van der Waals surface area contributed by atoms with Gasteiger partial charge >= 0.3 is 11.8 Å². The van der Waals surface area contributed by atoms with Gasteiger partial charge in [0.15, 0.2) is 0 Å². The van der Waals surface area contributed by atoms with Gasteiger partial charge in [0.25, 0.3) is 5.69 Å². The van der Waals surface area contributed by atoms with Crippen LogP contribution in [0.4, 0.5) is 5.69 Å². The summed E-state index contributed by atoms with van der Waals surface area (Å²) in [5.41, 5.74) is 2.79. The van der Waals surface area contributed by atoms with Crippen LogP contribution in [0.25, 0.3) is 0 Å². The molecule has 1 aromatic heterocycles. The zero-order valence-electron chi connectivity index (χ0n) is 12.7. The number of benzene rings is 1. The molecule has 2 aromatic rings. The third-order valence-corrected chi connectivity index (χ3v) is 3.01. The van der Waals surface area contributed by atoms with Crippen molar-refractivity contribution < 1.29 is 18.9 Å². The number of nitro benzene ring substituents is 1. The fourth-order valence-electron chi connectivity index (χ4n) is 1.76. The van der Waals surface area contributed by atoms with Gasteiger partial charge in [-0.15, -0.1) is 0 Å². The maximum atomic E-state index is 11.6. The van der Waals surface area contributed by atoms with Crippen molar-refractivity contribution in [2.75, 3.05) is 0 Å². The van der Waals surface area contributed by atoms with Gasteiger partial charge in [0.2, 0.25) is 0 Å². The van der Waals surface area contributed by atoms with Crippen LogP contribution in [-0.2, 0) is 16.1 Å².